The Labute approximate surface area is 138 Å². The smallest absolute Gasteiger partial charge is 0.127 e. The van der Waals surface area contributed by atoms with Gasteiger partial charge in [-0.25, -0.2) is 4.98 Å². The van der Waals surface area contributed by atoms with Crippen LogP contribution in [0.5, 0.6) is 0 Å². The lowest BCUT2D eigenvalue weighted by Crippen LogP contribution is -2.36. The quantitative estimate of drug-likeness (QED) is 0.921. The summed E-state index contributed by atoms with van der Waals surface area (Å²) < 4.78 is 2.42. The molecule has 1 unspecified atom stereocenters. The fourth-order valence-electron chi connectivity index (χ4n) is 4.24. The number of rotatable bonds is 2. The molecule has 4 nitrogen and oxygen atoms in total. The van der Waals surface area contributed by atoms with Crippen molar-refractivity contribution >= 4 is 11.0 Å². The molecule has 2 aliphatic rings. The summed E-state index contributed by atoms with van der Waals surface area (Å²) in [6.07, 6.45) is 2.55. The Hall–Kier alpha value is -1.39. The molecule has 4 heteroatoms. The van der Waals surface area contributed by atoms with Crippen LogP contribution >= 0.6 is 0 Å². The van der Waals surface area contributed by atoms with E-state index >= 15 is 0 Å². The summed E-state index contributed by atoms with van der Waals surface area (Å²) in [7, 11) is 0. The lowest BCUT2D eigenvalue weighted by Gasteiger charge is -2.32. The van der Waals surface area contributed by atoms with E-state index in [0.29, 0.717) is 12.1 Å². The highest BCUT2D eigenvalue weighted by atomic mass is 15.3. The molecule has 0 saturated carbocycles. The third kappa shape index (κ3) is 2.58. The van der Waals surface area contributed by atoms with E-state index in [1.54, 1.807) is 0 Å². The van der Waals surface area contributed by atoms with E-state index in [1.807, 2.05) is 0 Å². The highest BCUT2D eigenvalue weighted by Crippen LogP contribution is 2.31. The number of fused-ring (bicyclic) bond motifs is 3. The van der Waals surface area contributed by atoms with Crippen LogP contribution in [0.4, 0.5) is 0 Å². The number of aromatic nitrogens is 2. The molecule has 23 heavy (non-hydrogen) atoms. The summed E-state index contributed by atoms with van der Waals surface area (Å²) in [5.41, 5.74) is 3.87. The largest absolute Gasteiger partial charge is 0.325 e. The first kappa shape index (κ1) is 15.2. The van der Waals surface area contributed by atoms with Gasteiger partial charge in [-0.3, -0.25) is 4.90 Å². The molecule has 124 valence electrons. The number of piperidine rings is 1. The van der Waals surface area contributed by atoms with Crippen LogP contribution in [-0.4, -0.2) is 34.1 Å². The van der Waals surface area contributed by atoms with Crippen LogP contribution in [0.3, 0.4) is 0 Å². The van der Waals surface area contributed by atoms with Crippen LogP contribution in [-0.2, 0) is 6.54 Å². The maximum atomic E-state index is 5.00. The average Bonchev–Trinajstić information content (AvgIpc) is 2.95. The summed E-state index contributed by atoms with van der Waals surface area (Å²) in [4.78, 5) is 7.50. The number of hydrogen-bond acceptors (Lipinski definition) is 3. The van der Waals surface area contributed by atoms with Crippen molar-refractivity contribution in [3.05, 3.63) is 29.6 Å². The second-order valence-corrected chi connectivity index (χ2v) is 7.32. The maximum absolute atomic E-state index is 5.00. The molecule has 4 rings (SSSR count). The summed E-state index contributed by atoms with van der Waals surface area (Å²) >= 11 is 0. The maximum Gasteiger partial charge on any atom is 0.127 e. The van der Waals surface area contributed by atoms with Gasteiger partial charge in [0.05, 0.1) is 17.1 Å². The molecule has 0 amide bonds. The second-order valence-electron chi connectivity index (χ2n) is 7.32. The van der Waals surface area contributed by atoms with E-state index in [-0.39, 0.29) is 0 Å². The minimum atomic E-state index is 0.415. The second kappa shape index (κ2) is 5.91. The molecule has 2 aromatic rings. The van der Waals surface area contributed by atoms with Gasteiger partial charge in [-0.1, -0.05) is 19.9 Å². The van der Waals surface area contributed by atoms with Crippen molar-refractivity contribution in [3.63, 3.8) is 0 Å². The number of benzene rings is 1. The number of nitrogens with zero attached hydrogens (tertiary/aromatic N) is 3. The van der Waals surface area contributed by atoms with Gasteiger partial charge in [0.1, 0.15) is 5.82 Å². The third-order valence-electron chi connectivity index (χ3n) is 5.80. The van der Waals surface area contributed by atoms with Gasteiger partial charge in [0, 0.05) is 19.1 Å². The van der Waals surface area contributed by atoms with Gasteiger partial charge in [-0.15, -0.1) is 0 Å². The van der Waals surface area contributed by atoms with Crippen LogP contribution < -0.4 is 5.32 Å². The Morgan fingerprint density at radius 2 is 2.09 bits per heavy atom. The molecule has 1 aromatic heterocycles. The summed E-state index contributed by atoms with van der Waals surface area (Å²) in [6.45, 7) is 11.3. The monoisotopic (exact) mass is 312 g/mol. The number of hydrogen-bond donors (Lipinski definition) is 1. The van der Waals surface area contributed by atoms with E-state index in [0.717, 1.165) is 32.1 Å². The van der Waals surface area contributed by atoms with Crippen molar-refractivity contribution in [2.45, 2.75) is 52.2 Å². The van der Waals surface area contributed by atoms with E-state index in [4.69, 9.17) is 4.98 Å². The minimum Gasteiger partial charge on any atom is -0.325 e. The Balaban J connectivity index is 1.68. The molecule has 1 aromatic carbocycles. The fraction of sp³-hybridized carbons (Fsp3) is 0.632. The van der Waals surface area contributed by atoms with Crippen LogP contribution in [0.1, 0.15) is 57.1 Å². The molecule has 1 saturated heterocycles. The zero-order valence-electron chi connectivity index (χ0n) is 14.5. The first-order valence-electron chi connectivity index (χ1n) is 9.15. The van der Waals surface area contributed by atoms with E-state index in [2.05, 4.69) is 53.8 Å². The molecule has 3 atom stereocenters. The minimum absolute atomic E-state index is 0.415. The molecule has 3 heterocycles. The average molecular weight is 312 g/mol. The standard InChI is InChI=1S/C19H28N4/c1-4-22-9-10-23-18-8-6-15(16-7-5-13(2)12-20-16)11-17(18)21-19(23)14(22)3/h6,8,11,13-14,16,20H,4-5,7,9-10,12H2,1-3H3/t13-,14+,16?/m0/s1. The summed E-state index contributed by atoms with van der Waals surface area (Å²) in [6, 6.07) is 7.83. The fourth-order valence-corrected chi connectivity index (χ4v) is 4.24. The zero-order valence-corrected chi connectivity index (χ0v) is 14.5. The van der Waals surface area contributed by atoms with E-state index in [1.165, 1.54) is 35.3 Å². The van der Waals surface area contributed by atoms with Gasteiger partial charge in [0.2, 0.25) is 0 Å². The van der Waals surface area contributed by atoms with Crippen molar-refractivity contribution < 1.29 is 0 Å². The Morgan fingerprint density at radius 1 is 1.22 bits per heavy atom. The van der Waals surface area contributed by atoms with Crippen molar-refractivity contribution in [2.75, 3.05) is 19.6 Å². The molecular formula is C19H28N4. The first-order chi connectivity index (χ1) is 11.2. The number of likely N-dealkylation sites (N-methyl/N-ethyl adjacent to an activating group) is 1. The molecule has 1 fully saturated rings. The normalized spacial score (nSPS) is 28.9. The molecule has 1 N–H and O–H groups in total. The van der Waals surface area contributed by atoms with Crippen LogP contribution in [0.25, 0.3) is 11.0 Å². The number of imidazole rings is 1. The topological polar surface area (TPSA) is 33.1 Å². The van der Waals surface area contributed by atoms with Gasteiger partial charge in [-0.05, 0) is 56.5 Å². The van der Waals surface area contributed by atoms with E-state index < -0.39 is 0 Å². The highest BCUT2D eigenvalue weighted by Gasteiger charge is 2.26. The Kier molecular flexibility index (Phi) is 3.90. The van der Waals surface area contributed by atoms with Crippen molar-refractivity contribution in [3.8, 4) is 0 Å². The lowest BCUT2D eigenvalue weighted by molar-refractivity contribution is 0.176. The molecular weight excluding hydrogens is 284 g/mol. The highest BCUT2D eigenvalue weighted by molar-refractivity contribution is 5.77. The van der Waals surface area contributed by atoms with Crippen LogP contribution in [0.15, 0.2) is 18.2 Å². The van der Waals surface area contributed by atoms with Crippen LogP contribution in [0, 0.1) is 5.92 Å². The molecule has 0 spiro atoms. The molecule has 0 aliphatic carbocycles. The predicted octanol–water partition coefficient (Wildman–Crippen LogP) is 3.49. The number of nitrogens with one attached hydrogen (secondary N) is 1. The van der Waals surface area contributed by atoms with E-state index in [9.17, 15) is 0 Å². The molecule has 2 aliphatic heterocycles. The van der Waals surface area contributed by atoms with Gasteiger partial charge >= 0.3 is 0 Å². The lowest BCUT2D eigenvalue weighted by atomic mass is 9.92. The summed E-state index contributed by atoms with van der Waals surface area (Å²) in [5.74, 6) is 2.03. The van der Waals surface area contributed by atoms with Crippen molar-refractivity contribution in [2.24, 2.45) is 5.92 Å². The molecule has 0 bridgehead atoms. The van der Waals surface area contributed by atoms with Crippen molar-refractivity contribution in [1.29, 1.82) is 0 Å². The SMILES string of the molecule is CCN1CCn2c(nc3cc(C4CC[C@H](C)CN4)ccc32)[C@H]1C. The van der Waals surface area contributed by atoms with Gasteiger partial charge in [0.25, 0.3) is 0 Å². The van der Waals surface area contributed by atoms with Crippen molar-refractivity contribution in [1.82, 2.24) is 19.8 Å². The van der Waals surface area contributed by atoms with Gasteiger partial charge in [-0.2, -0.15) is 0 Å². The zero-order chi connectivity index (χ0) is 16.0. The predicted molar refractivity (Wildman–Crippen MR) is 94.5 cm³/mol. The summed E-state index contributed by atoms with van der Waals surface area (Å²) in [5, 5.41) is 3.69. The first-order valence-corrected chi connectivity index (χ1v) is 9.15. The Bertz CT molecular complexity index is 697. The van der Waals surface area contributed by atoms with Gasteiger partial charge in [0.15, 0.2) is 0 Å². The van der Waals surface area contributed by atoms with Crippen LogP contribution in [0.2, 0.25) is 0 Å². The third-order valence-corrected chi connectivity index (χ3v) is 5.80. The van der Waals surface area contributed by atoms with Gasteiger partial charge < -0.3 is 9.88 Å². The Morgan fingerprint density at radius 3 is 2.83 bits per heavy atom. The molecule has 0 radical (unpaired) electrons.